The molecule has 0 aromatic rings. The van der Waals surface area contributed by atoms with Crippen molar-refractivity contribution in [1.82, 2.24) is 4.90 Å². The Morgan fingerprint density at radius 2 is 2.50 bits per heavy atom. The van der Waals surface area contributed by atoms with Crippen LogP contribution in [-0.4, -0.2) is 23.9 Å². The second kappa shape index (κ2) is 2.86. The average Bonchev–Trinajstić information content (AvgIpc) is 1.88. The molecule has 54 valence electrons. The fourth-order valence-electron chi connectivity index (χ4n) is 0.971. The summed E-state index contributed by atoms with van der Waals surface area (Å²) in [5.41, 5.74) is 0.900. The Hall–Kier alpha value is -0.790. The van der Waals surface area contributed by atoms with Crippen LogP contribution in [0.4, 0.5) is 0 Å². The molecule has 1 heterocycles. The lowest BCUT2D eigenvalue weighted by molar-refractivity contribution is -0.128. The monoisotopic (exact) mass is 137 g/mol. The van der Waals surface area contributed by atoms with Crippen LogP contribution in [0.15, 0.2) is 11.6 Å². The lowest BCUT2D eigenvalue weighted by Crippen LogP contribution is -2.32. The molecule has 0 fully saturated rings. The van der Waals surface area contributed by atoms with Crippen LogP contribution in [0.3, 0.4) is 0 Å². The third kappa shape index (κ3) is 1.59. The van der Waals surface area contributed by atoms with E-state index in [-0.39, 0.29) is 5.91 Å². The molecule has 0 aromatic carbocycles. The van der Waals surface area contributed by atoms with Gasteiger partial charge in [-0.25, -0.2) is 0 Å². The number of hydrogen-bond donors (Lipinski definition) is 0. The van der Waals surface area contributed by atoms with E-state index < -0.39 is 0 Å². The van der Waals surface area contributed by atoms with Gasteiger partial charge in [0.1, 0.15) is 0 Å². The normalized spacial score (nSPS) is 18.6. The van der Waals surface area contributed by atoms with Crippen LogP contribution in [0.25, 0.3) is 0 Å². The molecular weight excluding hydrogens is 126 g/mol. The maximum absolute atomic E-state index is 10.8. The van der Waals surface area contributed by atoms with Gasteiger partial charge in [-0.2, -0.15) is 0 Å². The molecule has 0 saturated heterocycles. The number of rotatable bonds is 0. The summed E-state index contributed by atoms with van der Waals surface area (Å²) in [7, 11) is 0. The maximum atomic E-state index is 10.8. The first kappa shape index (κ1) is 7.32. The number of amides is 1. The molecule has 2 nitrogen and oxygen atoms in total. The zero-order valence-corrected chi connectivity index (χ0v) is 6.13. The van der Waals surface area contributed by atoms with Gasteiger partial charge in [-0.05, 0) is 13.3 Å². The highest BCUT2D eigenvalue weighted by molar-refractivity contribution is 5.73. The van der Waals surface area contributed by atoms with E-state index >= 15 is 0 Å². The predicted molar refractivity (Wildman–Crippen MR) is 39.3 cm³/mol. The highest BCUT2D eigenvalue weighted by atomic mass is 16.2. The molecule has 1 aliphatic heterocycles. The van der Waals surface area contributed by atoms with Gasteiger partial charge in [0.2, 0.25) is 5.91 Å². The highest BCUT2D eigenvalue weighted by Crippen LogP contribution is 2.08. The van der Waals surface area contributed by atoms with Crippen LogP contribution in [0.2, 0.25) is 0 Å². The van der Waals surface area contributed by atoms with Crippen LogP contribution in [0, 0.1) is 6.92 Å². The Balaban J connectivity index is 2.50. The summed E-state index contributed by atoms with van der Waals surface area (Å²) in [6.07, 6.45) is 2.71. The summed E-state index contributed by atoms with van der Waals surface area (Å²) in [4.78, 5) is 12.5. The summed E-state index contributed by atoms with van der Waals surface area (Å²) in [5.74, 6) is 0.128. The van der Waals surface area contributed by atoms with E-state index in [0.717, 1.165) is 18.5 Å². The van der Waals surface area contributed by atoms with Crippen molar-refractivity contribution in [3.8, 4) is 0 Å². The molecule has 0 unspecified atom stereocenters. The summed E-state index contributed by atoms with van der Waals surface area (Å²) in [6.45, 7) is 8.56. The highest BCUT2D eigenvalue weighted by Gasteiger charge is 2.10. The van der Waals surface area contributed by atoms with Crippen molar-refractivity contribution in [2.75, 3.05) is 13.1 Å². The van der Waals surface area contributed by atoms with E-state index in [1.54, 1.807) is 11.8 Å². The van der Waals surface area contributed by atoms with Crippen molar-refractivity contribution in [1.29, 1.82) is 0 Å². The van der Waals surface area contributed by atoms with Crippen LogP contribution in [0.5, 0.6) is 0 Å². The van der Waals surface area contributed by atoms with Crippen LogP contribution >= 0.6 is 0 Å². The minimum atomic E-state index is 0.128. The minimum absolute atomic E-state index is 0.128. The molecule has 0 bridgehead atoms. The zero-order valence-electron chi connectivity index (χ0n) is 6.13. The van der Waals surface area contributed by atoms with Crippen LogP contribution in [0.1, 0.15) is 13.3 Å². The van der Waals surface area contributed by atoms with E-state index in [9.17, 15) is 4.79 Å². The second-order valence-electron chi connectivity index (χ2n) is 2.49. The van der Waals surface area contributed by atoms with E-state index in [0.29, 0.717) is 6.54 Å². The Kier molecular flexibility index (Phi) is 2.10. The molecule has 0 aliphatic carbocycles. The fraction of sp³-hybridized carbons (Fsp3) is 0.500. The SMILES string of the molecule is [CH]C1=CCN(C(C)=O)CC1. The maximum Gasteiger partial charge on any atom is 0.219 e. The Morgan fingerprint density at radius 1 is 1.80 bits per heavy atom. The topological polar surface area (TPSA) is 20.3 Å². The Bertz CT molecular complexity index is 172. The fourth-order valence-corrected chi connectivity index (χ4v) is 0.971. The van der Waals surface area contributed by atoms with E-state index in [2.05, 4.69) is 0 Å². The number of carbonyl (C=O) groups excluding carboxylic acids is 1. The summed E-state index contributed by atoms with van der Waals surface area (Å²) < 4.78 is 0. The van der Waals surface area contributed by atoms with Crippen molar-refractivity contribution < 1.29 is 4.79 Å². The summed E-state index contributed by atoms with van der Waals surface area (Å²) in [5, 5.41) is 0. The molecule has 0 aromatic heterocycles. The molecule has 0 atom stereocenters. The lowest BCUT2D eigenvalue weighted by atomic mass is 10.1. The average molecular weight is 137 g/mol. The van der Waals surface area contributed by atoms with Crippen LogP contribution < -0.4 is 0 Å². The number of carbonyl (C=O) groups is 1. The van der Waals surface area contributed by atoms with Gasteiger partial charge < -0.3 is 4.90 Å². The molecule has 2 heteroatoms. The molecule has 0 N–H and O–H groups in total. The Labute approximate surface area is 61.5 Å². The van der Waals surface area contributed by atoms with E-state index in [1.165, 1.54) is 0 Å². The first-order valence-electron chi connectivity index (χ1n) is 3.40. The third-order valence-electron chi connectivity index (χ3n) is 1.69. The molecule has 1 aliphatic rings. The van der Waals surface area contributed by atoms with Crippen molar-refractivity contribution >= 4 is 5.91 Å². The smallest absolute Gasteiger partial charge is 0.219 e. The van der Waals surface area contributed by atoms with Gasteiger partial charge in [0.05, 0.1) is 0 Å². The molecule has 1 rings (SSSR count). The van der Waals surface area contributed by atoms with Crippen molar-refractivity contribution in [2.45, 2.75) is 13.3 Å². The number of hydrogen-bond acceptors (Lipinski definition) is 1. The third-order valence-corrected chi connectivity index (χ3v) is 1.69. The lowest BCUT2D eigenvalue weighted by Gasteiger charge is -2.23. The van der Waals surface area contributed by atoms with Gasteiger partial charge in [0.15, 0.2) is 0 Å². The molecule has 1 amide bonds. The molecule has 0 spiro atoms. The number of nitrogens with zero attached hydrogens (tertiary/aromatic N) is 1. The molecule has 10 heavy (non-hydrogen) atoms. The summed E-state index contributed by atoms with van der Waals surface area (Å²) >= 11 is 0. The first-order valence-corrected chi connectivity index (χ1v) is 3.40. The van der Waals surface area contributed by atoms with Gasteiger partial charge in [0, 0.05) is 20.0 Å². The molecular formula is C8H11NO. The van der Waals surface area contributed by atoms with Gasteiger partial charge in [0.25, 0.3) is 0 Å². The van der Waals surface area contributed by atoms with Crippen molar-refractivity contribution in [2.24, 2.45) is 0 Å². The van der Waals surface area contributed by atoms with Gasteiger partial charge >= 0.3 is 0 Å². The minimum Gasteiger partial charge on any atom is -0.339 e. The van der Waals surface area contributed by atoms with E-state index in [4.69, 9.17) is 6.92 Å². The summed E-state index contributed by atoms with van der Waals surface area (Å²) in [6, 6.07) is 0. The molecule has 2 radical (unpaired) electrons. The van der Waals surface area contributed by atoms with Gasteiger partial charge in [-0.15, -0.1) is 0 Å². The van der Waals surface area contributed by atoms with Crippen molar-refractivity contribution in [3.05, 3.63) is 18.6 Å². The zero-order chi connectivity index (χ0) is 7.56. The largest absolute Gasteiger partial charge is 0.339 e. The van der Waals surface area contributed by atoms with Crippen molar-refractivity contribution in [3.63, 3.8) is 0 Å². The van der Waals surface area contributed by atoms with Gasteiger partial charge in [-0.3, -0.25) is 4.79 Å². The molecule has 0 saturated carbocycles. The first-order chi connectivity index (χ1) is 4.70. The second-order valence-corrected chi connectivity index (χ2v) is 2.49. The van der Waals surface area contributed by atoms with Crippen LogP contribution in [-0.2, 0) is 4.79 Å². The predicted octanol–water partition coefficient (Wildman–Crippen LogP) is 0.876. The quantitative estimate of drug-likeness (QED) is 0.485. The van der Waals surface area contributed by atoms with E-state index in [1.807, 2.05) is 6.08 Å². The van der Waals surface area contributed by atoms with Gasteiger partial charge in [-0.1, -0.05) is 11.6 Å². The Morgan fingerprint density at radius 3 is 2.90 bits per heavy atom. The standard InChI is InChI=1S/C8H11NO/c1-7-3-5-9(6-4-7)8(2)10/h1,3H,4-6H2,2H3.